The number of nitrogens with one attached hydrogen (secondary N) is 1. The van der Waals surface area contributed by atoms with Crippen molar-refractivity contribution in [3.63, 3.8) is 0 Å². The van der Waals surface area contributed by atoms with Gasteiger partial charge in [-0.3, -0.25) is 0 Å². The Hall–Kier alpha value is -1.60. The van der Waals surface area contributed by atoms with Crippen molar-refractivity contribution in [2.24, 2.45) is 0 Å². The second-order valence-corrected chi connectivity index (χ2v) is 5.88. The quantitative estimate of drug-likeness (QED) is 0.857. The van der Waals surface area contributed by atoms with Crippen molar-refractivity contribution >= 4 is 0 Å². The number of benzene rings is 2. The molecular formula is C19H23N. The summed E-state index contributed by atoms with van der Waals surface area (Å²) in [5.74, 6) is 0. The maximum atomic E-state index is 3.58. The second-order valence-electron chi connectivity index (χ2n) is 5.88. The van der Waals surface area contributed by atoms with Gasteiger partial charge in [-0.2, -0.15) is 0 Å². The minimum Gasteiger partial charge on any atom is -0.310 e. The van der Waals surface area contributed by atoms with Crippen LogP contribution in [-0.2, 0) is 6.42 Å². The first kappa shape index (κ1) is 13.4. The molecular weight excluding hydrogens is 242 g/mol. The van der Waals surface area contributed by atoms with Crippen molar-refractivity contribution in [3.05, 3.63) is 58.7 Å². The van der Waals surface area contributed by atoms with Crippen LogP contribution in [0.1, 0.15) is 41.6 Å². The van der Waals surface area contributed by atoms with Crippen LogP contribution in [0, 0.1) is 13.8 Å². The van der Waals surface area contributed by atoms with Gasteiger partial charge < -0.3 is 5.32 Å². The molecule has 1 aliphatic rings. The monoisotopic (exact) mass is 265 g/mol. The average molecular weight is 265 g/mol. The highest BCUT2D eigenvalue weighted by Gasteiger charge is 2.21. The zero-order chi connectivity index (χ0) is 14.1. The van der Waals surface area contributed by atoms with Gasteiger partial charge in [0, 0.05) is 6.04 Å². The van der Waals surface area contributed by atoms with Gasteiger partial charge in [0.25, 0.3) is 0 Å². The molecule has 0 fully saturated rings. The third kappa shape index (κ3) is 2.38. The summed E-state index contributed by atoms with van der Waals surface area (Å²) in [4.78, 5) is 0. The Morgan fingerprint density at radius 1 is 1.10 bits per heavy atom. The summed E-state index contributed by atoms with van der Waals surface area (Å²) >= 11 is 0. The molecule has 20 heavy (non-hydrogen) atoms. The molecule has 1 aliphatic carbocycles. The van der Waals surface area contributed by atoms with E-state index in [1.807, 2.05) is 0 Å². The number of rotatable bonds is 3. The van der Waals surface area contributed by atoms with Gasteiger partial charge in [0.05, 0.1) is 0 Å². The second kappa shape index (κ2) is 5.41. The Labute approximate surface area is 122 Å². The fourth-order valence-electron chi connectivity index (χ4n) is 3.29. The molecule has 2 aromatic carbocycles. The summed E-state index contributed by atoms with van der Waals surface area (Å²) in [7, 11) is 0. The predicted molar refractivity (Wildman–Crippen MR) is 86.1 cm³/mol. The lowest BCUT2D eigenvalue weighted by Crippen LogP contribution is -2.18. The van der Waals surface area contributed by atoms with E-state index in [2.05, 4.69) is 62.5 Å². The molecule has 0 saturated carbocycles. The zero-order valence-electron chi connectivity index (χ0n) is 12.7. The van der Waals surface area contributed by atoms with Gasteiger partial charge in [-0.15, -0.1) is 0 Å². The normalized spacial score (nSPS) is 17.2. The zero-order valence-corrected chi connectivity index (χ0v) is 12.7. The summed E-state index contributed by atoms with van der Waals surface area (Å²) < 4.78 is 0. The van der Waals surface area contributed by atoms with Crippen LogP contribution >= 0.6 is 0 Å². The summed E-state index contributed by atoms with van der Waals surface area (Å²) in [5, 5.41) is 3.58. The average Bonchev–Trinajstić information content (AvgIpc) is 2.84. The van der Waals surface area contributed by atoms with Gasteiger partial charge in [0.1, 0.15) is 0 Å². The molecule has 0 amide bonds. The molecule has 1 atom stereocenters. The molecule has 0 aromatic heterocycles. The van der Waals surface area contributed by atoms with Gasteiger partial charge in [0.2, 0.25) is 0 Å². The van der Waals surface area contributed by atoms with Crippen LogP contribution in [0.4, 0.5) is 0 Å². The molecule has 3 rings (SSSR count). The molecule has 1 heteroatoms. The van der Waals surface area contributed by atoms with Crippen molar-refractivity contribution in [2.75, 3.05) is 6.54 Å². The molecule has 1 N–H and O–H groups in total. The van der Waals surface area contributed by atoms with Gasteiger partial charge in [0.15, 0.2) is 0 Å². The lowest BCUT2D eigenvalue weighted by molar-refractivity contribution is 0.549. The van der Waals surface area contributed by atoms with E-state index in [0.717, 1.165) is 6.54 Å². The molecule has 2 aromatic rings. The Morgan fingerprint density at radius 3 is 2.75 bits per heavy atom. The SMILES string of the molecule is CCNC1CCc2cc(-c3cc(C)ccc3C)ccc21. The van der Waals surface area contributed by atoms with Gasteiger partial charge in [-0.05, 0) is 61.1 Å². The van der Waals surface area contributed by atoms with Crippen LogP contribution in [0.3, 0.4) is 0 Å². The Bertz CT molecular complexity index is 628. The molecule has 104 valence electrons. The van der Waals surface area contributed by atoms with E-state index in [1.165, 1.54) is 46.2 Å². The van der Waals surface area contributed by atoms with Crippen LogP contribution in [0.2, 0.25) is 0 Å². The summed E-state index contributed by atoms with van der Waals surface area (Å²) in [5.41, 5.74) is 8.45. The van der Waals surface area contributed by atoms with Crippen LogP contribution in [0.25, 0.3) is 11.1 Å². The smallest absolute Gasteiger partial charge is 0.0326 e. The summed E-state index contributed by atoms with van der Waals surface area (Å²) in [6.07, 6.45) is 2.44. The first-order chi connectivity index (χ1) is 9.69. The lowest BCUT2D eigenvalue weighted by Gasteiger charge is -2.13. The first-order valence-corrected chi connectivity index (χ1v) is 7.63. The highest BCUT2D eigenvalue weighted by atomic mass is 14.9. The predicted octanol–water partition coefficient (Wildman–Crippen LogP) is 4.57. The van der Waals surface area contributed by atoms with Crippen LogP contribution < -0.4 is 5.32 Å². The Kier molecular flexibility index (Phi) is 3.62. The van der Waals surface area contributed by atoms with Gasteiger partial charge in [-0.25, -0.2) is 0 Å². The van der Waals surface area contributed by atoms with Crippen LogP contribution in [-0.4, -0.2) is 6.54 Å². The molecule has 0 spiro atoms. The van der Waals surface area contributed by atoms with E-state index in [9.17, 15) is 0 Å². The molecule has 1 unspecified atom stereocenters. The largest absolute Gasteiger partial charge is 0.310 e. The van der Waals surface area contributed by atoms with E-state index in [0.29, 0.717) is 6.04 Å². The number of fused-ring (bicyclic) bond motifs is 1. The minimum atomic E-state index is 0.558. The van der Waals surface area contributed by atoms with Gasteiger partial charge in [-0.1, -0.05) is 48.9 Å². The minimum absolute atomic E-state index is 0.558. The summed E-state index contributed by atoms with van der Waals surface area (Å²) in [6.45, 7) is 7.59. The molecule has 0 radical (unpaired) electrons. The maximum Gasteiger partial charge on any atom is 0.0326 e. The first-order valence-electron chi connectivity index (χ1n) is 7.63. The van der Waals surface area contributed by atoms with Crippen molar-refractivity contribution in [1.82, 2.24) is 5.32 Å². The topological polar surface area (TPSA) is 12.0 Å². The van der Waals surface area contributed by atoms with E-state index in [-0.39, 0.29) is 0 Å². The molecule has 0 saturated heterocycles. The van der Waals surface area contributed by atoms with Crippen molar-refractivity contribution < 1.29 is 0 Å². The lowest BCUT2D eigenvalue weighted by atomic mass is 9.95. The Morgan fingerprint density at radius 2 is 1.95 bits per heavy atom. The van der Waals surface area contributed by atoms with Crippen LogP contribution in [0.5, 0.6) is 0 Å². The standard InChI is InChI=1S/C19H23N/c1-4-20-19-10-8-15-12-16(7-9-17(15)19)18-11-13(2)5-6-14(18)3/h5-7,9,11-12,19-20H,4,8,10H2,1-3H3. The van der Waals surface area contributed by atoms with Crippen molar-refractivity contribution in [1.29, 1.82) is 0 Å². The number of hydrogen-bond donors (Lipinski definition) is 1. The van der Waals surface area contributed by atoms with Crippen LogP contribution in [0.15, 0.2) is 36.4 Å². The maximum absolute atomic E-state index is 3.58. The molecule has 0 heterocycles. The van der Waals surface area contributed by atoms with Crippen molar-refractivity contribution in [3.8, 4) is 11.1 Å². The molecule has 0 aliphatic heterocycles. The van der Waals surface area contributed by atoms with E-state index in [1.54, 1.807) is 0 Å². The third-order valence-corrected chi connectivity index (χ3v) is 4.38. The third-order valence-electron chi connectivity index (χ3n) is 4.38. The van der Waals surface area contributed by atoms with E-state index in [4.69, 9.17) is 0 Å². The highest BCUT2D eigenvalue weighted by molar-refractivity contribution is 5.69. The fourth-order valence-corrected chi connectivity index (χ4v) is 3.29. The number of aryl methyl sites for hydroxylation is 3. The van der Waals surface area contributed by atoms with E-state index >= 15 is 0 Å². The fraction of sp³-hybridized carbons (Fsp3) is 0.368. The molecule has 1 nitrogen and oxygen atoms in total. The van der Waals surface area contributed by atoms with E-state index < -0.39 is 0 Å². The number of hydrogen-bond acceptors (Lipinski definition) is 1. The molecule has 0 bridgehead atoms. The van der Waals surface area contributed by atoms with Crippen molar-refractivity contribution in [2.45, 2.75) is 39.7 Å². The van der Waals surface area contributed by atoms with Gasteiger partial charge >= 0.3 is 0 Å². The highest BCUT2D eigenvalue weighted by Crippen LogP contribution is 2.35. The summed E-state index contributed by atoms with van der Waals surface area (Å²) in [6, 6.07) is 14.3. The Balaban J connectivity index is 1.99.